The van der Waals surface area contributed by atoms with Crippen LogP contribution in [0.4, 0.5) is 0 Å². The van der Waals surface area contributed by atoms with Gasteiger partial charge in [-0.2, -0.15) is 0 Å². The van der Waals surface area contributed by atoms with Crippen LogP contribution in [0.25, 0.3) is 0 Å². The summed E-state index contributed by atoms with van der Waals surface area (Å²) in [4.78, 5) is 3.65. The molecule has 0 aliphatic heterocycles. The van der Waals surface area contributed by atoms with Crippen molar-refractivity contribution in [3.05, 3.63) is 0 Å². The SMILES string of the molecule is CCC(C)(C)[SiH2]NC(C)(C)C. The first-order valence-electron chi connectivity index (χ1n) is 4.52. The average molecular weight is 173 g/mol. The second-order valence-electron chi connectivity index (χ2n) is 5.12. The second-order valence-corrected chi connectivity index (χ2v) is 7.74. The summed E-state index contributed by atoms with van der Waals surface area (Å²) in [6.07, 6.45) is 1.29. The Kier molecular flexibility index (Phi) is 3.78. The highest BCUT2D eigenvalue weighted by Crippen LogP contribution is 2.25. The molecule has 0 atom stereocenters. The molecule has 0 aromatic heterocycles. The van der Waals surface area contributed by atoms with Crippen molar-refractivity contribution in [3.8, 4) is 0 Å². The van der Waals surface area contributed by atoms with Crippen molar-refractivity contribution in [1.29, 1.82) is 0 Å². The minimum absolute atomic E-state index is 0.115. The quantitative estimate of drug-likeness (QED) is 0.644. The maximum atomic E-state index is 3.65. The molecule has 68 valence electrons. The Balaban J connectivity index is 3.70. The topological polar surface area (TPSA) is 12.0 Å². The molecule has 0 amide bonds. The summed E-state index contributed by atoms with van der Waals surface area (Å²) in [5.74, 6) is 0. The summed E-state index contributed by atoms with van der Waals surface area (Å²) in [6.45, 7) is 13.7. The Hall–Kier alpha value is 0.177. The maximum Gasteiger partial charge on any atom is 0.0978 e. The molecule has 0 heterocycles. The smallest absolute Gasteiger partial charge is 0.0978 e. The number of rotatable bonds is 3. The van der Waals surface area contributed by atoms with Gasteiger partial charge in [-0.3, -0.25) is 0 Å². The number of hydrogen-bond acceptors (Lipinski definition) is 1. The predicted octanol–water partition coefficient (Wildman–Crippen LogP) is 2.07. The van der Waals surface area contributed by atoms with Crippen LogP contribution in [-0.4, -0.2) is 15.2 Å². The lowest BCUT2D eigenvalue weighted by Gasteiger charge is -2.28. The van der Waals surface area contributed by atoms with Crippen LogP contribution in [0.1, 0.15) is 48.0 Å². The van der Waals surface area contributed by atoms with Gasteiger partial charge in [0.15, 0.2) is 0 Å². The minimum atomic E-state index is -0.115. The van der Waals surface area contributed by atoms with E-state index in [1.54, 1.807) is 0 Å². The van der Waals surface area contributed by atoms with E-state index in [-0.39, 0.29) is 9.68 Å². The van der Waals surface area contributed by atoms with Crippen molar-refractivity contribution in [2.75, 3.05) is 0 Å². The highest BCUT2D eigenvalue weighted by molar-refractivity contribution is 6.36. The van der Waals surface area contributed by atoms with Gasteiger partial charge in [0, 0.05) is 5.54 Å². The van der Waals surface area contributed by atoms with E-state index in [1.807, 2.05) is 0 Å². The van der Waals surface area contributed by atoms with Gasteiger partial charge in [0.05, 0.1) is 9.68 Å². The van der Waals surface area contributed by atoms with Crippen LogP contribution in [-0.2, 0) is 0 Å². The van der Waals surface area contributed by atoms with Gasteiger partial charge < -0.3 is 4.98 Å². The lowest BCUT2D eigenvalue weighted by atomic mass is 10.1. The third-order valence-electron chi connectivity index (χ3n) is 2.05. The summed E-state index contributed by atoms with van der Waals surface area (Å²) in [7, 11) is -0.115. The Bertz CT molecular complexity index is 113. The number of nitrogens with one attached hydrogen (secondary N) is 1. The molecule has 0 spiro atoms. The molecule has 11 heavy (non-hydrogen) atoms. The van der Waals surface area contributed by atoms with Gasteiger partial charge in [-0.05, 0) is 25.8 Å². The molecular formula is C9H23NSi. The molecule has 0 unspecified atom stereocenters. The second kappa shape index (κ2) is 3.72. The molecule has 1 N–H and O–H groups in total. The first-order valence-corrected chi connectivity index (χ1v) is 5.93. The zero-order valence-electron chi connectivity index (χ0n) is 8.91. The molecule has 0 saturated heterocycles. The van der Waals surface area contributed by atoms with Gasteiger partial charge in [-0.15, -0.1) is 0 Å². The molecule has 0 rings (SSSR count). The molecule has 1 nitrogen and oxygen atoms in total. The van der Waals surface area contributed by atoms with Gasteiger partial charge in [0.1, 0.15) is 0 Å². The molecule has 0 bridgehead atoms. The highest BCUT2D eigenvalue weighted by atomic mass is 28.2. The fourth-order valence-corrected chi connectivity index (χ4v) is 1.89. The standard InChI is InChI=1S/C9H23NSi/c1-7-9(5,6)11-10-8(2,3)4/h10H,7,11H2,1-6H3. The first-order chi connectivity index (χ1) is 4.77. The molecular weight excluding hydrogens is 150 g/mol. The van der Waals surface area contributed by atoms with Crippen LogP contribution >= 0.6 is 0 Å². The van der Waals surface area contributed by atoms with E-state index in [2.05, 4.69) is 46.5 Å². The van der Waals surface area contributed by atoms with Crippen LogP contribution < -0.4 is 4.98 Å². The summed E-state index contributed by atoms with van der Waals surface area (Å²) < 4.78 is 0. The van der Waals surface area contributed by atoms with E-state index < -0.39 is 0 Å². The molecule has 0 aromatic rings. The molecule has 2 heteroatoms. The van der Waals surface area contributed by atoms with Gasteiger partial charge in [0.25, 0.3) is 0 Å². The Morgan fingerprint density at radius 3 is 1.82 bits per heavy atom. The van der Waals surface area contributed by atoms with Gasteiger partial charge in [0.2, 0.25) is 0 Å². The van der Waals surface area contributed by atoms with Crippen LogP contribution in [0.2, 0.25) is 5.04 Å². The van der Waals surface area contributed by atoms with E-state index in [0.717, 1.165) is 0 Å². The Morgan fingerprint density at radius 2 is 1.55 bits per heavy atom. The molecule has 0 radical (unpaired) electrons. The normalized spacial score (nSPS) is 14.7. The minimum Gasteiger partial charge on any atom is -0.337 e. The Labute approximate surface area is 73.9 Å². The largest absolute Gasteiger partial charge is 0.337 e. The molecule has 0 aliphatic rings. The van der Waals surface area contributed by atoms with Crippen molar-refractivity contribution in [2.45, 2.75) is 58.5 Å². The lowest BCUT2D eigenvalue weighted by molar-refractivity contribution is 0.504. The van der Waals surface area contributed by atoms with E-state index in [0.29, 0.717) is 10.6 Å². The van der Waals surface area contributed by atoms with Crippen LogP contribution in [0.3, 0.4) is 0 Å². The van der Waals surface area contributed by atoms with Crippen LogP contribution in [0.5, 0.6) is 0 Å². The fraction of sp³-hybridized carbons (Fsp3) is 1.00. The average Bonchev–Trinajstić information content (AvgIpc) is 1.83. The van der Waals surface area contributed by atoms with Crippen molar-refractivity contribution in [3.63, 3.8) is 0 Å². The summed E-state index contributed by atoms with van der Waals surface area (Å²) in [5, 5.41) is 0.577. The van der Waals surface area contributed by atoms with E-state index in [4.69, 9.17) is 0 Å². The summed E-state index contributed by atoms with van der Waals surface area (Å²) >= 11 is 0. The maximum absolute atomic E-state index is 3.65. The van der Waals surface area contributed by atoms with Crippen molar-refractivity contribution < 1.29 is 0 Å². The summed E-state index contributed by atoms with van der Waals surface area (Å²) in [6, 6.07) is 0. The molecule has 0 aromatic carbocycles. The lowest BCUT2D eigenvalue weighted by Crippen LogP contribution is -2.42. The first kappa shape index (κ1) is 11.2. The third-order valence-corrected chi connectivity index (χ3v) is 4.75. The highest BCUT2D eigenvalue weighted by Gasteiger charge is 2.19. The fourth-order valence-electron chi connectivity index (χ4n) is 0.629. The predicted molar refractivity (Wildman–Crippen MR) is 55.8 cm³/mol. The summed E-state index contributed by atoms with van der Waals surface area (Å²) in [5.41, 5.74) is 0.318. The van der Waals surface area contributed by atoms with Gasteiger partial charge in [-0.25, -0.2) is 0 Å². The van der Waals surface area contributed by atoms with E-state index in [9.17, 15) is 0 Å². The van der Waals surface area contributed by atoms with Gasteiger partial charge >= 0.3 is 0 Å². The number of hydrogen-bond donors (Lipinski definition) is 1. The van der Waals surface area contributed by atoms with Crippen LogP contribution in [0.15, 0.2) is 0 Å². The van der Waals surface area contributed by atoms with Crippen molar-refractivity contribution in [2.24, 2.45) is 0 Å². The van der Waals surface area contributed by atoms with E-state index >= 15 is 0 Å². The Morgan fingerprint density at radius 1 is 1.09 bits per heavy atom. The third kappa shape index (κ3) is 6.57. The van der Waals surface area contributed by atoms with Crippen LogP contribution in [0, 0.1) is 0 Å². The van der Waals surface area contributed by atoms with Crippen molar-refractivity contribution >= 4 is 9.68 Å². The molecule has 0 saturated carbocycles. The zero-order chi connectivity index (χ0) is 9.12. The monoisotopic (exact) mass is 173 g/mol. The van der Waals surface area contributed by atoms with E-state index in [1.165, 1.54) is 6.42 Å². The van der Waals surface area contributed by atoms with Gasteiger partial charge in [-0.1, -0.05) is 27.2 Å². The molecule has 0 aliphatic carbocycles. The van der Waals surface area contributed by atoms with Crippen molar-refractivity contribution in [1.82, 2.24) is 4.98 Å². The zero-order valence-corrected chi connectivity index (χ0v) is 10.3. The molecule has 0 fully saturated rings.